The normalized spacial score (nSPS) is 16.4. The smallest absolute Gasteiger partial charge is 0.475 e. The van der Waals surface area contributed by atoms with E-state index in [2.05, 4.69) is 62.2 Å². The Labute approximate surface area is 215 Å². The molecule has 0 unspecified atom stereocenters. The highest BCUT2D eigenvalue weighted by Crippen LogP contribution is 2.31. The third-order valence-corrected chi connectivity index (χ3v) is 6.90. The summed E-state index contributed by atoms with van der Waals surface area (Å²) >= 11 is 3.59. The summed E-state index contributed by atoms with van der Waals surface area (Å²) in [6, 6.07) is 15.4. The Bertz CT molecular complexity index is 1230. The topological polar surface area (TPSA) is 81.6 Å². The molecule has 0 bridgehead atoms. The van der Waals surface area contributed by atoms with Gasteiger partial charge < -0.3 is 15.3 Å². The number of rotatable bonds is 5. The van der Waals surface area contributed by atoms with Gasteiger partial charge in [-0.1, -0.05) is 40.2 Å². The van der Waals surface area contributed by atoms with Crippen LogP contribution in [0.2, 0.25) is 0 Å². The van der Waals surface area contributed by atoms with E-state index in [1.165, 1.54) is 28.4 Å². The number of nitrogens with zero attached hydrogens (tertiary/aromatic N) is 4. The minimum absolute atomic E-state index is 0.561. The molecule has 0 spiro atoms. The first-order valence-electron chi connectivity index (χ1n) is 11.7. The van der Waals surface area contributed by atoms with Crippen molar-refractivity contribution in [1.82, 2.24) is 14.9 Å². The third kappa shape index (κ3) is 6.85. The average Bonchev–Trinajstić information content (AvgIpc) is 3.65. The van der Waals surface area contributed by atoms with E-state index in [4.69, 9.17) is 19.9 Å². The number of halogens is 4. The van der Waals surface area contributed by atoms with Gasteiger partial charge in [-0.25, -0.2) is 14.8 Å². The Hall–Kier alpha value is -2.92. The predicted molar refractivity (Wildman–Crippen MR) is 136 cm³/mol. The maximum absolute atomic E-state index is 10.6. The van der Waals surface area contributed by atoms with Gasteiger partial charge in [-0.05, 0) is 49.1 Å². The number of piperazine rings is 1. The first kappa shape index (κ1) is 26.2. The van der Waals surface area contributed by atoms with Crippen LogP contribution < -0.4 is 10.2 Å². The summed E-state index contributed by atoms with van der Waals surface area (Å²) in [4.78, 5) is 23.7. The molecule has 0 amide bonds. The second-order valence-corrected chi connectivity index (χ2v) is 9.81. The van der Waals surface area contributed by atoms with E-state index in [0.717, 1.165) is 55.4 Å². The van der Waals surface area contributed by atoms with E-state index in [9.17, 15) is 13.2 Å². The number of aliphatic carboxylic acids is 1. The van der Waals surface area contributed by atoms with E-state index in [1.807, 2.05) is 18.2 Å². The molecule has 2 heterocycles. The number of aromatic nitrogens is 2. The van der Waals surface area contributed by atoms with Crippen LogP contribution in [0.3, 0.4) is 0 Å². The third-order valence-electron chi connectivity index (χ3n) is 6.01. The van der Waals surface area contributed by atoms with Gasteiger partial charge in [-0.3, -0.25) is 4.90 Å². The number of alkyl halides is 3. The minimum Gasteiger partial charge on any atom is -0.475 e. The van der Waals surface area contributed by atoms with Crippen molar-refractivity contribution in [2.75, 3.05) is 36.4 Å². The number of nitrogens with one attached hydrogen (secondary N) is 1. The molecule has 11 heteroatoms. The lowest BCUT2D eigenvalue weighted by atomic mass is 10.1. The summed E-state index contributed by atoms with van der Waals surface area (Å²) in [5, 5.41) is 10.7. The van der Waals surface area contributed by atoms with Gasteiger partial charge in [0.2, 0.25) is 0 Å². The average molecular weight is 566 g/mol. The molecule has 7 nitrogen and oxygen atoms in total. The molecule has 1 aliphatic carbocycles. The Morgan fingerprint density at radius 2 is 1.69 bits per heavy atom. The molecular weight excluding hydrogens is 539 g/mol. The summed E-state index contributed by atoms with van der Waals surface area (Å²) in [7, 11) is 0. The molecule has 3 aromatic rings. The minimum atomic E-state index is -5.08. The summed E-state index contributed by atoms with van der Waals surface area (Å²) in [5.74, 6) is -0.801. The number of para-hydroxylation sites is 2. The molecule has 1 aromatic heterocycles. The highest BCUT2D eigenvalue weighted by Gasteiger charge is 2.38. The number of carboxylic acid groups (broad SMARTS) is 1. The second kappa shape index (κ2) is 11.0. The van der Waals surface area contributed by atoms with E-state index < -0.39 is 12.1 Å². The van der Waals surface area contributed by atoms with Gasteiger partial charge >= 0.3 is 12.1 Å². The quantitative estimate of drug-likeness (QED) is 0.438. The van der Waals surface area contributed by atoms with E-state index in [0.29, 0.717) is 6.04 Å². The fourth-order valence-corrected chi connectivity index (χ4v) is 4.16. The van der Waals surface area contributed by atoms with Crippen molar-refractivity contribution in [3.05, 3.63) is 58.1 Å². The van der Waals surface area contributed by atoms with E-state index in [1.54, 1.807) is 0 Å². The molecule has 2 aliphatic rings. The molecule has 2 aromatic carbocycles. The molecule has 1 saturated heterocycles. The maximum Gasteiger partial charge on any atom is 0.490 e. The van der Waals surface area contributed by atoms with Crippen molar-refractivity contribution in [2.24, 2.45) is 0 Å². The van der Waals surface area contributed by atoms with Crippen LogP contribution in [0, 0.1) is 6.92 Å². The second-order valence-electron chi connectivity index (χ2n) is 8.95. The van der Waals surface area contributed by atoms with Crippen LogP contribution in [-0.4, -0.2) is 64.3 Å². The van der Waals surface area contributed by atoms with Gasteiger partial charge in [-0.2, -0.15) is 13.2 Å². The Morgan fingerprint density at radius 1 is 1.08 bits per heavy atom. The largest absolute Gasteiger partial charge is 0.490 e. The monoisotopic (exact) mass is 565 g/mol. The number of fused-ring (bicyclic) bond motifs is 1. The predicted octanol–water partition coefficient (Wildman–Crippen LogP) is 5.23. The Morgan fingerprint density at radius 3 is 2.25 bits per heavy atom. The van der Waals surface area contributed by atoms with Gasteiger partial charge in [-0.15, -0.1) is 0 Å². The van der Waals surface area contributed by atoms with Crippen molar-refractivity contribution in [2.45, 2.75) is 38.5 Å². The van der Waals surface area contributed by atoms with Crippen molar-refractivity contribution < 1.29 is 23.1 Å². The molecule has 1 aliphatic heterocycles. The van der Waals surface area contributed by atoms with Gasteiger partial charge in [0, 0.05) is 43.2 Å². The summed E-state index contributed by atoms with van der Waals surface area (Å²) < 4.78 is 32.9. The molecule has 2 N–H and O–H groups in total. The fraction of sp³-hybridized carbons (Fsp3) is 0.400. The molecule has 2 fully saturated rings. The lowest BCUT2D eigenvalue weighted by Gasteiger charge is -2.36. The number of carboxylic acids is 1. The van der Waals surface area contributed by atoms with Crippen LogP contribution >= 0.6 is 15.9 Å². The number of carbonyl (C=O) groups is 1. The zero-order valence-electron chi connectivity index (χ0n) is 19.7. The molecule has 192 valence electrons. The van der Waals surface area contributed by atoms with Crippen molar-refractivity contribution in [3.8, 4) is 0 Å². The molecule has 1 saturated carbocycles. The van der Waals surface area contributed by atoms with Crippen LogP contribution in [0.5, 0.6) is 0 Å². The Balaban J connectivity index is 0.000000384. The van der Waals surface area contributed by atoms with Gasteiger partial charge in [0.25, 0.3) is 0 Å². The SMILES string of the molecule is Cc1cc(CN2CCN(c3nc4ccccc4nc3NC3CC3)CC2)ccc1Br.O=C(O)C(F)(F)F. The van der Waals surface area contributed by atoms with Gasteiger partial charge in [0.05, 0.1) is 11.0 Å². The number of benzene rings is 2. The molecule has 5 rings (SSSR count). The lowest BCUT2D eigenvalue weighted by molar-refractivity contribution is -0.192. The van der Waals surface area contributed by atoms with Crippen molar-refractivity contribution in [3.63, 3.8) is 0 Å². The summed E-state index contributed by atoms with van der Waals surface area (Å²) in [6.07, 6.45) is -2.62. The van der Waals surface area contributed by atoms with Gasteiger partial charge in [0.1, 0.15) is 0 Å². The summed E-state index contributed by atoms with van der Waals surface area (Å²) in [5.41, 5.74) is 4.60. The van der Waals surface area contributed by atoms with E-state index >= 15 is 0 Å². The first-order valence-corrected chi connectivity index (χ1v) is 12.4. The standard InChI is InChI=1S/C23H26BrN5.C2HF3O2/c1-16-14-17(6-9-19(16)24)15-28-10-12-29(13-11-28)23-22(25-18-7-8-18)26-20-4-2-3-5-21(20)27-23;3-2(4,5)1(6)7/h2-6,9,14,18H,7-8,10-13,15H2,1H3,(H,25,26);(H,6,7). The molecular formula is C25H27BrF3N5O2. The lowest BCUT2D eigenvalue weighted by Crippen LogP contribution is -2.46. The Kier molecular flexibility index (Phi) is 7.99. The highest BCUT2D eigenvalue weighted by atomic mass is 79.9. The number of anilines is 2. The van der Waals surface area contributed by atoms with E-state index in [-0.39, 0.29) is 0 Å². The van der Waals surface area contributed by atoms with Crippen LogP contribution in [0.4, 0.5) is 24.8 Å². The van der Waals surface area contributed by atoms with Crippen LogP contribution in [0.15, 0.2) is 46.9 Å². The van der Waals surface area contributed by atoms with Crippen molar-refractivity contribution in [1.29, 1.82) is 0 Å². The highest BCUT2D eigenvalue weighted by molar-refractivity contribution is 9.10. The zero-order valence-corrected chi connectivity index (χ0v) is 21.3. The number of aryl methyl sites for hydroxylation is 1. The maximum atomic E-state index is 10.6. The molecule has 0 radical (unpaired) electrons. The zero-order chi connectivity index (χ0) is 25.9. The molecule has 36 heavy (non-hydrogen) atoms. The van der Waals surface area contributed by atoms with Crippen LogP contribution in [-0.2, 0) is 11.3 Å². The number of hydrogen-bond donors (Lipinski definition) is 2. The van der Waals surface area contributed by atoms with Crippen LogP contribution in [0.1, 0.15) is 24.0 Å². The number of hydrogen-bond acceptors (Lipinski definition) is 6. The summed E-state index contributed by atoms with van der Waals surface area (Å²) in [6.45, 7) is 7.17. The molecule has 0 atom stereocenters. The first-order chi connectivity index (χ1) is 17.1. The fourth-order valence-electron chi connectivity index (χ4n) is 3.91. The van der Waals surface area contributed by atoms with Crippen molar-refractivity contribution >= 4 is 44.6 Å². The van der Waals surface area contributed by atoms with Crippen LogP contribution in [0.25, 0.3) is 11.0 Å². The van der Waals surface area contributed by atoms with Gasteiger partial charge in [0.15, 0.2) is 11.6 Å².